The molecule has 0 heterocycles. The molecule has 1 aliphatic carbocycles. The van der Waals surface area contributed by atoms with Crippen LogP contribution in [0.15, 0.2) is 109 Å². The van der Waals surface area contributed by atoms with Crippen LogP contribution in [0.2, 0.25) is 0 Å². The van der Waals surface area contributed by atoms with Crippen LogP contribution in [0.5, 0.6) is 5.75 Å². The number of hydrogen-bond donors (Lipinski definition) is 1. The van der Waals surface area contributed by atoms with Gasteiger partial charge in [0, 0.05) is 0 Å². The molecule has 176 valence electrons. The Kier molecular flexibility index (Phi) is 5.88. The summed E-state index contributed by atoms with van der Waals surface area (Å²) in [7, 11) is 0. The van der Waals surface area contributed by atoms with E-state index in [1.165, 1.54) is 55.6 Å². The van der Waals surface area contributed by atoms with Crippen molar-refractivity contribution in [1.29, 1.82) is 0 Å². The third kappa shape index (κ3) is 3.90. The van der Waals surface area contributed by atoms with Crippen LogP contribution in [-0.4, -0.2) is 18.3 Å². The lowest BCUT2D eigenvalue weighted by Gasteiger charge is -2.17. The molecule has 0 saturated heterocycles. The summed E-state index contributed by atoms with van der Waals surface area (Å²) in [5.74, 6) is 0.815. The zero-order valence-corrected chi connectivity index (χ0v) is 20.4. The van der Waals surface area contributed by atoms with Crippen molar-refractivity contribution < 1.29 is 9.84 Å². The molecule has 36 heavy (non-hydrogen) atoms. The lowest BCUT2D eigenvalue weighted by molar-refractivity contribution is 0.200. The van der Waals surface area contributed by atoms with Gasteiger partial charge in [0.15, 0.2) is 0 Å². The number of aliphatic hydroxyl groups is 1. The Hall–Kier alpha value is -4.14. The third-order valence-electron chi connectivity index (χ3n) is 7.11. The Morgan fingerprint density at radius 3 is 2.00 bits per heavy atom. The number of benzene rings is 5. The number of ether oxygens (including phenoxy) is 1. The van der Waals surface area contributed by atoms with Crippen molar-refractivity contribution in [2.45, 2.75) is 13.3 Å². The average Bonchev–Trinajstić information content (AvgIpc) is 3.32. The second-order valence-corrected chi connectivity index (χ2v) is 9.31. The zero-order chi connectivity index (χ0) is 24.5. The van der Waals surface area contributed by atoms with Gasteiger partial charge in [-0.3, -0.25) is 0 Å². The lowest BCUT2D eigenvalue weighted by Crippen LogP contribution is -2.02. The van der Waals surface area contributed by atoms with Gasteiger partial charge in [-0.05, 0) is 86.7 Å². The van der Waals surface area contributed by atoms with Gasteiger partial charge in [-0.1, -0.05) is 97.1 Å². The van der Waals surface area contributed by atoms with Crippen molar-refractivity contribution >= 4 is 0 Å². The first-order valence-corrected chi connectivity index (χ1v) is 12.5. The first-order chi connectivity index (χ1) is 17.7. The lowest BCUT2D eigenvalue weighted by atomic mass is 9.87. The molecule has 0 fully saturated rings. The maximum atomic E-state index is 9.14. The van der Waals surface area contributed by atoms with Gasteiger partial charge < -0.3 is 9.84 Å². The van der Waals surface area contributed by atoms with Gasteiger partial charge in [-0.15, -0.1) is 0 Å². The van der Waals surface area contributed by atoms with Crippen LogP contribution in [0.25, 0.3) is 44.5 Å². The standard InChI is InChI=1S/C34H28O2/c1-23-21-26(15-18-33(23)36-20-19-35)28-16-17-30-29-14-8-13-27(24-9-4-2-5-10-24)31(29)22-32(30)34(28)25-11-6-3-7-12-25/h2-18,21,35H,19-20,22H2,1H3. The van der Waals surface area contributed by atoms with E-state index in [4.69, 9.17) is 9.84 Å². The molecule has 0 spiro atoms. The summed E-state index contributed by atoms with van der Waals surface area (Å²) in [5.41, 5.74) is 14.0. The summed E-state index contributed by atoms with van der Waals surface area (Å²) in [6.45, 7) is 2.37. The molecule has 0 radical (unpaired) electrons. The van der Waals surface area contributed by atoms with E-state index in [1.807, 2.05) is 6.07 Å². The van der Waals surface area contributed by atoms with Crippen LogP contribution in [0, 0.1) is 6.92 Å². The second kappa shape index (κ2) is 9.49. The van der Waals surface area contributed by atoms with Crippen LogP contribution >= 0.6 is 0 Å². The fourth-order valence-corrected chi connectivity index (χ4v) is 5.49. The summed E-state index contributed by atoms with van der Waals surface area (Å²) in [4.78, 5) is 0. The quantitative estimate of drug-likeness (QED) is 0.269. The maximum Gasteiger partial charge on any atom is 0.122 e. The number of aliphatic hydroxyl groups excluding tert-OH is 1. The maximum absolute atomic E-state index is 9.14. The summed E-state index contributed by atoms with van der Waals surface area (Å²) in [6, 6.07) is 39.0. The van der Waals surface area contributed by atoms with E-state index in [0.29, 0.717) is 6.61 Å². The van der Waals surface area contributed by atoms with Crippen molar-refractivity contribution in [1.82, 2.24) is 0 Å². The topological polar surface area (TPSA) is 29.5 Å². The van der Waals surface area contributed by atoms with Crippen LogP contribution in [-0.2, 0) is 6.42 Å². The minimum absolute atomic E-state index is 0.00962. The molecule has 0 unspecified atom stereocenters. The largest absolute Gasteiger partial charge is 0.491 e. The Morgan fingerprint density at radius 2 is 1.28 bits per heavy atom. The summed E-state index contributed by atoms with van der Waals surface area (Å²) >= 11 is 0. The molecule has 0 amide bonds. The van der Waals surface area contributed by atoms with Crippen molar-refractivity contribution in [3.8, 4) is 50.3 Å². The molecule has 1 N–H and O–H groups in total. The van der Waals surface area contributed by atoms with Gasteiger partial charge in [0.2, 0.25) is 0 Å². The first-order valence-electron chi connectivity index (χ1n) is 12.5. The molecule has 0 atom stereocenters. The number of rotatable bonds is 6. The highest BCUT2D eigenvalue weighted by Gasteiger charge is 2.26. The molecular formula is C34H28O2. The molecule has 2 heteroatoms. The molecular weight excluding hydrogens is 440 g/mol. The van der Waals surface area contributed by atoms with E-state index in [1.54, 1.807) is 0 Å². The minimum atomic E-state index is 0.00962. The molecule has 2 nitrogen and oxygen atoms in total. The Balaban J connectivity index is 1.52. The van der Waals surface area contributed by atoms with Gasteiger partial charge in [0.1, 0.15) is 12.4 Å². The van der Waals surface area contributed by atoms with Crippen LogP contribution in [0.3, 0.4) is 0 Å². The first kappa shape index (κ1) is 22.3. The highest BCUT2D eigenvalue weighted by atomic mass is 16.5. The van der Waals surface area contributed by atoms with E-state index >= 15 is 0 Å². The molecule has 5 aromatic carbocycles. The Bertz CT molecular complexity index is 1540. The number of fused-ring (bicyclic) bond motifs is 3. The molecule has 1 aliphatic rings. The molecule has 6 rings (SSSR count). The van der Waals surface area contributed by atoms with Crippen molar-refractivity contribution in [2.75, 3.05) is 13.2 Å². The van der Waals surface area contributed by atoms with E-state index < -0.39 is 0 Å². The van der Waals surface area contributed by atoms with E-state index in [0.717, 1.165) is 17.7 Å². The smallest absolute Gasteiger partial charge is 0.122 e. The van der Waals surface area contributed by atoms with Gasteiger partial charge in [-0.25, -0.2) is 0 Å². The third-order valence-corrected chi connectivity index (χ3v) is 7.11. The van der Waals surface area contributed by atoms with E-state index in [-0.39, 0.29) is 6.61 Å². The van der Waals surface area contributed by atoms with Gasteiger partial charge in [-0.2, -0.15) is 0 Å². The average molecular weight is 469 g/mol. The minimum Gasteiger partial charge on any atom is -0.491 e. The predicted octanol–water partition coefficient (Wildman–Crippen LogP) is 7.94. The monoisotopic (exact) mass is 468 g/mol. The zero-order valence-electron chi connectivity index (χ0n) is 20.4. The molecule has 0 bridgehead atoms. The molecule has 5 aromatic rings. The Labute approximate surface area is 212 Å². The number of hydrogen-bond acceptors (Lipinski definition) is 2. The normalized spacial score (nSPS) is 11.7. The van der Waals surface area contributed by atoms with Crippen LogP contribution in [0.1, 0.15) is 16.7 Å². The van der Waals surface area contributed by atoms with E-state index in [2.05, 4.69) is 110 Å². The van der Waals surface area contributed by atoms with Crippen molar-refractivity contribution in [3.05, 3.63) is 126 Å². The number of aryl methyl sites for hydroxylation is 1. The summed E-state index contributed by atoms with van der Waals surface area (Å²) < 4.78 is 5.71. The summed E-state index contributed by atoms with van der Waals surface area (Å²) in [5, 5.41) is 9.14. The van der Waals surface area contributed by atoms with Gasteiger partial charge >= 0.3 is 0 Å². The highest BCUT2D eigenvalue weighted by molar-refractivity contribution is 5.95. The fourth-order valence-electron chi connectivity index (χ4n) is 5.49. The van der Waals surface area contributed by atoms with Gasteiger partial charge in [0.25, 0.3) is 0 Å². The van der Waals surface area contributed by atoms with Gasteiger partial charge in [0.05, 0.1) is 6.61 Å². The molecule has 0 saturated carbocycles. The fraction of sp³-hybridized carbons (Fsp3) is 0.118. The molecule has 0 aliphatic heterocycles. The highest BCUT2D eigenvalue weighted by Crippen LogP contribution is 2.48. The van der Waals surface area contributed by atoms with E-state index in [9.17, 15) is 0 Å². The Morgan fingerprint density at radius 1 is 0.611 bits per heavy atom. The second-order valence-electron chi connectivity index (χ2n) is 9.31. The predicted molar refractivity (Wildman–Crippen MR) is 148 cm³/mol. The van der Waals surface area contributed by atoms with Crippen molar-refractivity contribution in [2.24, 2.45) is 0 Å². The van der Waals surface area contributed by atoms with Crippen molar-refractivity contribution in [3.63, 3.8) is 0 Å². The SMILES string of the molecule is Cc1cc(-c2ccc3c(c2-c2ccccc2)Cc2c(-c4ccccc4)cccc2-3)ccc1OCCO. The molecule has 0 aromatic heterocycles. The van der Waals surface area contributed by atoms with Crippen LogP contribution < -0.4 is 4.74 Å². The summed E-state index contributed by atoms with van der Waals surface area (Å²) in [6.07, 6.45) is 0.907. The van der Waals surface area contributed by atoms with Crippen LogP contribution in [0.4, 0.5) is 0 Å².